The minimum Gasteiger partial charge on any atom is -0.354 e. The van der Waals surface area contributed by atoms with Crippen LogP contribution in [0.15, 0.2) is 27.8 Å². The summed E-state index contributed by atoms with van der Waals surface area (Å²) in [7, 11) is 0. The smallest absolute Gasteiger partial charge is 0.316 e. The van der Waals surface area contributed by atoms with Crippen LogP contribution in [0.3, 0.4) is 0 Å². The lowest BCUT2D eigenvalue weighted by Crippen LogP contribution is -2.40. The van der Waals surface area contributed by atoms with Crippen LogP contribution in [-0.4, -0.2) is 22.0 Å². The molecule has 0 bridgehead atoms. The number of rotatable bonds is 4. The van der Waals surface area contributed by atoms with Gasteiger partial charge in [0.25, 0.3) is 0 Å². The lowest BCUT2D eigenvalue weighted by Gasteiger charge is -2.24. The highest BCUT2D eigenvalue weighted by Crippen LogP contribution is 2.26. The molecule has 0 saturated heterocycles. The number of hydrogen-bond acceptors (Lipinski definition) is 3. The Labute approximate surface area is 125 Å². The average molecular weight is 305 g/mol. The second-order valence-corrected chi connectivity index (χ2v) is 5.49. The molecular weight excluding hydrogens is 289 g/mol. The summed E-state index contributed by atoms with van der Waals surface area (Å²) in [5, 5.41) is 2.77. The largest absolute Gasteiger partial charge is 0.354 e. The first-order chi connectivity index (χ1) is 10.6. The molecule has 1 fully saturated rings. The highest BCUT2D eigenvalue weighted by molar-refractivity contribution is 5.79. The van der Waals surface area contributed by atoms with Gasteiger partial charge in [0.2, 0.25) is 5.91 Å². The summed E-state index contributed by atoms with van der Waals surface area (Å²) < 4.78 is 14.5. The van der Waals surface area contributed by atoms with E-state index in [-0.39, 0.29) is 30.4 Å². The van der Waals surface area contributed by atoms with E-state index in [1.165, 1.54) is 22.8 Å². The fourth-order valence-corrected chi connectivity index (χ4v) is 2.58. The van der Waals surface area contributed by atoms with Gasteiger partial charge in [-0.3, -0.25) is 14.4 Å². The monoisotopic (exact) mass is 305 g/mol. The van der Waals surface area contributed by atoms with Crippen molar-refractivity contribution in [3.8, 4) is 0 Å². The maximum absolute atomic E-state index is 13.2. The third-order valence-corrected chi connectivity index (χ3v) is 4.05. The Bertz CT molecular complexity index is 836. The molecule has 3 rings (SSSR count). The maximum atomic E-state index is 13.2. The Hall–Kier alpha value is -2.44. The van der Waals surface area contributed by atoms with E-state index in [4.69, 9.17) is 0 Å². The molecule has 1 aromatic heterocycles. The Morgan fingerprint density at radius 2 is 2.14 bits per heavy atom. The van der Waals surface area contributed by atoms with E-state index < -0.39 is 16.9 Å². The van der Waals surface area contributed by atoms with Crippen molar-refractivity contribution in [1.82, 2.24) is 14.9 Å². The minimum absolute atomic E-state index is 0.0144. The second-order valence-electron chi connectivity index (χ2n) is 5.49. The van der Waals surface area contributed by atoms with Gasteiger partial charge >= 0.3 is 11.1 Å². The number of halogens is 1. The molecule has 0 spiro atoms. The van der Waals surface area contributed by atoms with E-state index in [9.17, 15) is 18.8 Å². The highest BCUT2D eigenvalue weighted by Gasteiger charge is 2.24. The molecule has 2 aromatic rings. The Kier molecular flexibility index (Phi) is 3.79. The van der Waals surface area contributed by atoms with E-state index in [2.05, 4.69) is 10.3 Å². The van der Waals surface area contributed by atoms with Crippen molar-refractivity contribution >= 4 is 16.9 Å². The van der Waals surface area contributed by atoms with Gasteiger partial charge in [-0.25, -0.2) is 4.39 Å². The summed E-state index contributed by atoms with van der Waals surface area (Å²) in [6.07, 6.45) is 2.87. The molecule has 6 nitrogen and oxygen atoms in total. The van der Waals surface area contributed by atoms with Crippen molar-refractivity contribution in [2.45, 2.75) is 25.8 Å². The number of nitrogens with zero attached hydrogens (tertiary/aromatic N) is 1. The number of amides is 1. The first-order valence-electron chi connectivity index (χ1n) is 7.26. The molecule has 116 valence electrons. The van der Waals surface area contributed by atoms with Crippen LogP contribution in [0, 0.1) is 11.7 Å². The number of benzene rings is 1. The predicted molar refractivity (Wildman–Crippen MR) is 79.1 cm³/mol. The zero-order chi connectivity index (χ0) is 15.7. The van der Waals surface area contributed by atoms with Crippen LogP contribution in [0.4, 0.5) is 4.39 Å². The lowest BCUT2D eigenvalue weighted by atomic mass is 9.85. The molecule has 0 unspecified atom stereocenters. The minimum atomic E-state index is -0.802. The van der Waals surface area contributed by atoms with Crippen molar-refractivity contribution in [1.29, 1.82) is 0 Å². The summed E-state index contributed by atoms with van der Waals surface area (Å²) in [5.41, 5.74) is -0.820. The van der Waals surface area contributed by atoms with E-state index in [1.54, 1.807) is 0 Å². The van der Waals surface area contributed by atoms with Crippen molar-refractivity contribution < 1.29 is 9.18 Å². The summed E-state index contributed by atoms with van der Waals surface area (Å²) in [4.78, 5) is 37.7. The van der Waals surface area contributed by atoms with Gasteiger partial charge in [-0.05, 0) is 31.0 Å². The Balaban J connectivity index is 1.83. The average Bonchev–Trinajstić information content (AvgIpc) is 2.41. The number of nitrogens with one attached hydrogen (secondary N) is 2. The van der Waals surface area contributed by atoms with Gasteiger partial charge < -0.3 is 14.9 Å². The summed E-state index contributed by atoms with van der Waals surface area (Å²) in [5.74, 6) is -0.437. The fourth-order valence-electron chi connectivity index (χ4n) is 2.58. The molecule has 0 radical (unpaired) electrons. The zero-order valence-corrected chi connectivity index (χ0v) is 11.9. The van der Waals surface area contributed by atoms with Crippen LogP contribution in [0.5, 0.6) is 0 Å². The number of hydrogen-bond donors (Lipinski definition) is 2. The zero-order valence-electron chi connectivity index (χ0n) is 11.9. The second kappa shape index (κ2) is 5.75. The fraction of sp³-hybridized carbons (Fsp3) is 0.400. The van der Waals surface area contributed by atoms with Gasteiger partial charge in [0, 0.05) is 19.0 Å². The topological polar surface area (TPSA) is 84.0 Å². The van der Waals surface area contributed by atoms with Crippen molar-refractivity contribution in [3.63, 3.8) is 0 Å². The molecule has 1 aliphatic rings. The SMILES string of the molecule is O=C(NCCn1c(=O)c(=O)[nH]c2cc(F)ccc21)C1CCC1. The van der Waals surface area contributed by atoms with Gasteiger partial charge in [0.1, 0.15) is 5.82 Å². The van der Waals surface area contributed by atoms with E-state index in [0.29, 0.717) is 5.52 Å². The number of H-pyrrole nitrogens is 1. The quantitative estimate of drug-likeness (QED) is 0.817. The van der Waals surface area contributed by atoms with Crippen molar-refractivity contribution in [2.75, 3.05) is 6.54 Å². The van der Waals surface area contributed by atoms with Crippen molar-refractivity contribution in [2.24, 2.45) is 5.92 Å². The normalized spacial score (nSPS) is 14.8. The lowest BCUT2D eigenvalue weighted by molar-refractivity contribution is -0.127. The highest BCUT2D eigenvalue weighted by atomic mass is 19.1. The van der Waals surface area contributed by atoms with Gasteiger partial charge in [-0.15, -0.1) is 0 Å². The van der Waals surface area contributed by atoms with Gasteiger partial charge in [-0.1, -0.05) is 6.42 Å². The molecular formula is C15H16FN3O3. The Morgan fingerprint density at radius 1 is 1.36 bits per heavy atom. The number of aromatic amines is 1. The van der Waals surface area contributed by atoms with Gasteiger partial charge in [-0.2, -0.15) is 0 Å². The molecule has 2 N–H and O–H groups in total. The predicted octanol–water partition coefficient (Wildman–Crippen LogP) is 0.745. The van der Waals surface area contributed by atoms with Crippen LogP contribution < -0.4 is 16.4 Å². The standard InChI is InChI=1S/C15H16FN3O3/c16-10-4-5-12-11(8-10)18-14(21)15(22)19(12)7-6-17-13(20)9-2-1-3-9/h4-5,8-9H,1-3,6-7H2,(H,17,20)(H,18,21). The van der Waals surface area contributed by atoms with Crippen LogP contribution in [0.2, 0.25) is 0 Å². The maximum Gasteiger partial charge on any atom is 0.316 e. The van der Waals surface area contributed by atoms with E-state index in [0.717, 1.165) is 19.3 Å². The number of aromatic nitrogens is 2. The number of carbonyl (C=O) groups is 1. The number of carbonyl (C=O) groups excluding carboxylic acids is 1. The van der Waals surface area contributed by atoms with E-state index >= 15 is 0 Å². The molecule has 0 atom stereocenters. The summed E-state index contributed by atoms with van der Waals surface area (Å²) >= 11 is 0. The first-order valence-corrected chi connectivity index (χ1v) is 7.26. The van der Waals surface area contributed by atoms with Crippen LogP contribution in [-0.2, 0) is 11.3 Å². The third kappa shape index (κ3) is 2.66. The molecule has 1 heterocycles. The number of fused-ring (bicyclic) bond motifs is 1. The Morgan fingerprint density at radius 3 is 2.82 bits per heavy atom. The van der Waals surface area contributed by atoms with Gasteiger partial charge in [0.05, 0.1) is 11.0 Å². The van der Waals surface area contributed by atoms with Crippen molar-refractivity contribution in [3.05, 3.63) is 44.7 Å². The molecule has 1 saturated carbocycles. The van der Waals surface area contributed by atoms with Crippen LogP contribution >= 0.6 is 0 Å². The summed E-state index contributed by atoms with van der Waals surface area (Å²) in [6, 6.07) is 3.83. The molecule has 1 amide bonds. The summed E-state index contributed by atoms with van der Waals surface area (Å²) in [6.45, 7) is 0.425. The molecule has 1 aromatic carbocycles. The van der Waals surface area contributed by atoms with E-state index in [1.807, 2.05) is 0 Å². The first kappa shape index (κ1) is 14.5. The molecule has 1 aliphatic carbocycles. The van der Waals surface area contributed by atoms with Crippen LogP contribution in [0.25, 0.3) is 11.0 Å². The third-order valence-electron chi connectivity index (χ3n) is 4.05. The molecule has 0 aliphatic heterocycles. The van der Waals surface area contributed by atoms with Crippen LogP contribution in [0.1, 0.15) is 19.3 Å². The molecule has 7 heteroatoms. The van der Waals surface area contributed by atoms with Gasteiger partial charge in [0.15, 0.2) is 0 Å². The molecule has 22 heavy (non-hydrogen) atoms.